The van der Waals surface area contributed by atoms with Gasteiger partial charge in [0.25, 0.3) is 0 Å². The maximum atomic E-state index is 14.0. The lowest BCUT2D eigenvalue weighted by Crippen LogP contribution is -2.31. The number of imidazole rings is 1. The molecule has 0 aliphatic heterocycles. The normalized spacial score (nSPS) is 12.1. The summed E-state index contributed by atoms with van der Waals surface area (Å²) in [4.78, 5) is 27.1. The molecule has 1 amide bonds. The first-order chi connectivity index (χ1) is 14.6. The van der Waals surface area contributed by atoms with Crippen molar-refractivity contribution in [2.24, 2.45) is 5.73 Å². The second-order valence-electron chi connectivity index (χ2n) is 7.00. The van der Waals surface area contributed by atoms with Crippen LogP contribution in [0.4, 0.5) is 13.2 Å². The van der Waals surface area contributed by atoms with Crippen LogP contribution in [0.25, 0.3) is 16.7 Å². The number of fused-ring (bicyclic) bond motifs is 1. The van der Waals surface area contributed by atoms with Gasteiger partial charge in [-0.05, 0) is 37.4 Å². The number of amides is 1. The van der Waals surface area contributed by atoms with E-state index in [1.807, 2.05) is 18.7 Å². The number of rotatable bonds is 7. The van der Waals surface area contributed by atoms with E-state index in [-0.39, 0.29) is 33.9 Å². The maximum absolute atomic E-state index is 14.0. The number of nitrogens with two attached hydrogens (primary N) is 1. The van der Waals surface area contributed by atoms with Gasteiger partial charge in [-0.25, -0.2) is 4.79 Å². The van der Waals surface area contributed by atoms with Crippen LogP contribution in [-0.2, 0) is 12.7 Å². The number of likely N-dealkylation sites (N-methyl/N-ethyl adjacent to an activating group) is 1. The molecule has 31 heavy (non-hydrogen) atoms. The van der Waals surface area contributed by atoms with Crippen molar-refractivity contribution < 1.29 is 18.0 Å². The van der Waals surface area contributed by atoms with E-state index in [0.29, 0.717) is 12.6 Å². The summed E-state index contributed by atoms with van der Waals surface area (Å²) in [6, 6.07) is 8.06. The first-order valence-electron chi connectivity index (χ1n) is 9.73. The minimum atomic E-state index is -4.83. The highest BCUT2D eigenvalue weighted by molar-refractivity contribution is 6.32. The third kappa shape index (κ3) is 4.33. The summed E-state index contributed by atoms with van der Waals surface area (Å²) >= 11 is 6.23. The largest absolute Gasteiger partial charge is 0.418 e. The topological polar surface area (TPSA) is 73.3 Å². The fraction of sp³-hybridized carbons (Fsp3) is 0.333. The Morgan fingerprint density at radius 1 is 1.16 bits per heavy atom. The molecule has 6 nitrogen and oxygen atoms in total. The predicted molar refractivity (Wildman–Crippen MR) is 114 cm³/mol. The molecular formula is C21H22ClF3N4O2. The van der Waals surface area contributed by atoms with E-state index < -0.39 is 23.3 Å². The number of carbonyl (C=O) groups is 1. The zero-order chi connectivity index (χ0) is 22.9. The molecule has 10 heteroatoms. The van der Waals surface area contributed by atoms with Crippen LogP contribution in [0, 0.1) is 0 Å². The quantitative estimate of drug-likeness (QED) is 0.588. The van der Waals surface area contributed by atoms with Crippen molar-refractivity contribution >= 4 is 28.5 Å². The van der Waals surface area contributed by atoms with Gasteiger partial charge in [0.1, 0.15) is 0 Å². The van der Waals surface area contributed by atoms with Crippen molar-refractivity contribution in [2.75, 3.05) is 19.6 Å². The molecule has 0 bridgehead atoms. The number of hydrogen-bond acceptors (Lipinski definition) is 3. The van der Waals surface area contributed by atoms with Crippen molar-refractivity contribution in [2.45, 2.75) is 26.6 Å². The molecule has 0 unspecified atom stereocenters. The predicted octanol–water partition coefficient (Wildman–Crippen LogP) is 3.91. The van der Waals surface area contributed by atoms with Crippen LogP contribution in [0.5, 0.6) is 0 Å². The molecule has 3 aromatic rings. The number of aromatic nitrogens is 2. The van der Waals surface area contributed by atoms with Crippen LogP contribution in [0.2, 0.25) is 5.02 Å². The third-order valence-electron chi connectivity index (χ3n) is 5.24. The van der Waals surface area contributed by atoms with E-state index >= 15 is 0 Å². The summed E-state index contributed by atoms with van der Waals surface area (Å²) in [5.41, 5.74) is 2.88. The van der Waals surface area contributed by atoms with Gasteiger partial charge in [-0.2, -0.15) is 13.2 Å². The molecule has 2 N–H and O–H groups in total. The first-order valence-corrected chi connectivity index (χ1v) is 10.1. The molecule has 3 rings (SSSR count). The number of para-hydroxylation sites is 1. The number of carbonyl (C=O) groups excluding carboxylic acids is 1. The Morgan fingerprint density at radius 2 is 1.81 bits per heavy atom. The molecule has 0 aliphatic carbocycles. The van der Waals surface area contributed by atoms with E-state index in [9.17, 15) is 22.8 Å². The minimum Gasteiger partial charge on any atom is -0.366 e. The Bertz CT molecular complexity index is 1180. The molecule has 0 aliphatic rings. The molecule has 1 heterocycles. The molecule has 0 saturated heterocycles. The van der Waals surface area contributed by atoms with Crippen LogP contribution in [-0.4, -0.2) is 39.6 Å². The van der Waals surface area contributed by atoms with E-state index in [2.05, 4.69) is 0 Å². The number of alkyl halides is 3. The van der Waals surface area contributed by atoms with Gasteiger partial charge in [0.2, 0.25) is 5.91 Å². The van der Waals surface area contributed by atoms with Crippen LogP contribution in [0.15, 0.2) is 41.2 Å². The molecule has 0 fully saturated rings. The molecule has 166 valence electrons. The maximum Gasteiger partial charge on any atom is 0.418 e. The van der Waals surface area contributed by atoms with Gasteiger partial charge in [-0.1, -0.05) is 37.6 Å². The van der Waals surface area contributed by atoms with Crippen molar-refractivity contribution in [3.63, 3.8) is 0 Å². The van der Waals surface area contributed by atoms with Crippen LogP contribution in [0.3, 0.4) is 0 Å². The number of primary amides is 1. The van der Waals surface area contributed by atoms with Crippen molar-refractivity contribution in [1.29, 1.82) is 0 Å². The Hall–Kier alpha value is -2.78. The monoisotopic (exact) mass is 454 g/mol. The summed E-state index contributed by atoms with van der Waals surface area (Å²) in [6.07, 6.45) is -4.83. The first kappa shape index (κ1) is 22.9. The van der Waals surface area contributed by atoms with E-state index in [4.69, 9.17) is 17.3 Å². The van der Waals surface area contributed by atoms with Gasteiger partial charge in [-0.3, -0.25) is 13.9 Å². The second-order valence-corrected chi connectivity index (χ2v) is 7.41. The summed E-state index contributed by atoms with van der Waals surface area (Å²) in [5.74, 6) is -1.01. The van der Waals surface area contributed by atoms with Crippen LogP contribution in [0.1, 0.15) is 29.8 Å². The highest BCUT2D eigenvalue weighted by Crippen LogP contribution is 2.37. The number of nitrogens with zero attached hydrogens (tertiary/aromatic N) is 3. The summed E-state index contributed by atoms with van der Waals surface area (Å²) in [5, 5.41) is 0.125. The number of halogens is 4. The third-order valence-corrected chi connectivity index (χ3v) is 5.56. The lowest BCUT2D eigenvalue weighted by atomic mass is 10.1. The molecule has 0 saturated carbocycles. The smallest absolute Gasteiger partial charge is 0.366 e. The van der Waals surface area contributed by atoms with E-state index in [1.54, 1.807) is 12.1 Å². The molecule has 0 atom stereocenters. The number of benzene rings is 2. The van der Waals surface area contributed by atoms with Crippen molar-refractivity contribution in [3.8, 4) is 5.69 Å². The lowest BCUT2D eigenvalue weighted by molar-refractivity contribution is -0.136. The average molecular weight is 455 g/mol. The molecule has 2 aromatic carbocycles. The lowest BCUT2D eigenvalue weighted by Gasteiger charge is -2.18. The Morgan fingerprint density at radius 3 is 2.35 bits per heavy atom. The average Bonchev–Trinajstić information content (AvgIpc) is 2.99. The van der Waals surface area contributed by atoms with Gasteiger partial charge in [0.15, 0.2) is 0 Å². The van der Waals surface area contributed by atoms with E-state index in [1.165, 1.54) is 22.8 Å². The van der Waals surface area contributed by atoms with Gasteiger partial charge < -0.3 is 10.6 Å². The summed E-state index contributed by atoms with van der Waals surface area (Å²) < 4.78 is 44.2. The standard InChI is InChI=1S/C21H22ClF3N4O2/c1-3-27(4-2)9-10-28-17-12-13(19(26)30)11-14(21(23,24)25)18(17)29(20(28)31)16-8-6-5-7-15(16)22/h5-8,11-12H,3-4,9-10H2,1-2H3,(H2,26,30). The summed E-state index contributed by atoms with van der Waals surface area (Å²) in [6.45, 7) is 5.91. The Balaban J connectivity index is 2.42. The highest BCUT2D eigenvalue weighted by Gasteiger charge is 2.37. The zero-order valence-electron chi connectivity index (χ0n) is 17.0. The fourth-order valence-corrected chi connectivity index (χ4v) is 3.81. The number of hydrogen-bond donors (Lipinski definition) is 1. The fourth-order valence-electron chi connectivity index (χ4n) is 3.59. The van der Waals surface area contributed by atoms with E-state index in [0.717, 1.165) is 17.7 Å². The van der Waals surface area contributed by atoms with Gasteiger partial charge in [0, 0.05) is 18.7 Å². The molecule has 0 radical (unpaired) electrons. The Kier molecular flexibility index (Phi) is 6.47. The van der Waals surface area contributed by atoms with Crippen LogP contribution >= 0.6 is 11.6 Å². The summed E-state index contributed by atoms with van der Waals surface area (Å²) in [7, 11) is 0. The van der Waals surface area contributed by atoms with Crippen molar-refractivity contribution in [1.82, 2.24) is 14.0 Å². The van der Waals surface area contributed by atoms with Gasteiger partial charge in [0.05, 0.1) is 27.3 Å². The Labute approximate surface area is 181 Å². The van der Waals surface area contributed by atoms with Gasteiger partial charge >= 0.3 is 11.9 Å². The van der Waals surface area contributed by atoms with Gasteiger partial charge in [-0.15, -0.1) is 0 Å². The van der Waals surface area contributed by atoms with Crippen LogP contribution < -0.4 is 11.4 Å². The molecular weight excluding hydrogens is 433 g/mol. The second kappa shape index (κ2) is 8.76. The molecule has 1 aromatic heterocycles. The SMILES string of the molecule is CCN(CC)CCn1c(=O)n(-c2ccccc2Cl)c2c(C(F)(F)F)cc(C(N)=O)cc21. The zero-order valence-corrected chi connectivity index (χ0v) is 17.8. The highest BCUT2D eigenvalue weighted by atomic mass is 35.5. The minimum absolute atomic E-state index is 0.0271. The molecule has 0 spiro atoms. The van der Waals surface area contributed by atoms with Crippen molar-refractivity contribution in [3.05, 3.63) is 63.0 Å².